The zero-order valence-electron chi connectivity index (χ0n) is 9.71. The smallest absolute Gasteiger partial charge is 0.318 e. The number of hydrogen-bond donors (Lipinski definition) is 1. The average Bonchev–Trinajstić information content (AvgIpc) is 2.64. The molecule has 0 saturated carbocycles. The van der Waals surface area contributed by atoms with E-state index in [-0.39, 0.29) is 10.8 Å². The van der Waals surface area contributed by atoms with E-state index in [1.807, 2.05) is 13.8 Å². The lowest BCUT2D eigenvalue weighted by Crippen LogP contribution is -2.35. The molecule has 0 unspecified atom stereocenters. The lowest BCUT2D eigenvalue weighted by molar-refractivity contribution is -0.137. The highest BCUT2D eigenvalue weighted by Crippen LogP contribution is 2.24. The highest BCUT2D eigenvalue weighted by molar-refractivity contribution is 7.91. The van der Waals surface area contributed by atoms with Crippen LogP contribution in [-0.2, 0) is 14.8 Å². The van der Waals surface area contributed by atoms with E-state index in [9.17, 15) is 13.2 Å². The van der Waals surface area contributed by atoms with Crippen molar-refractivity contribution in [2.45, 2.75) is 24.5 Å². The Labute approximate surface area is 105 Å². The molecule has 1 heterocycles. The molecule has 0 bridgehead atoms. The second-order valence-electron chi connectivity index (χ2n) is 3.60. The van der Waals surface area contributed by atoms with Gasteiger partial charge in [0.2, 0.25) is 0 Å². The zero-order valence-corrected chi connectivity index (χ0v) is 11.3. The van der Waals surface area contributed by atoms with Crippen LogP contribution in [0.3, 0.4) is 0 Å². The van der Waals surface area contributed by atoms with E-state index >= 15 is 0 Å². The summed E-state index contributed by atoms with van der Waals surface area (Å²) in [7, 11) is -3.67. The molecule has 0 amide bonds. The molecule has 0 aliphatic heterocycles. The lowest BCUT2D eigenvalue weighted by atomic mass is 10.5. The summed E-state index contributed by atoms with van der Waals surface area (Å²) < 4.78 is 25.5. The van der Waals surface area contributed by atoms with E-state index < -0.39 is 22.5 Å². The van der Waals surface area contributed by atoms with Gasteiger partial charge in [0.25, 0.3) is 10.0 Å². The second kappa shape index (κ2) is 5.61. The van der Waals surface area contributed by atoms with Crippen LogP contribution >= 0.6 is 11.3 Å². The standard InChI is InChI=1S/C10H15NO4S2/c1-3-6-11(7-9(12)13)17(14,15)10-5-4-8(2)16-10/h4-5H,3,6-7H2,1-2H3,(H,12,13). The van der Waals surface area contributed by atoms with Crippen molar-refractivity contribution in [2.75, 3.05) is 13.1 Å². The molecule has 0 radical (unpaired) electrons. The van der Waals surface area contributed by atoms with Gasteiger partial charge in [-0.15, -0.1) is 11.3 Å². The van der Waals surface area contributed by atoms with Gasteiger partial charge in [-0.25, -0.2) is 8.42 Å². The monoisotopic (exact) mass is 277 g/mol. The third-order valence-corrected chi connectivity index (χ3v) is 5.41. The van der Waals surface area contributed by atoms with Crippen molar-refractivity contribution >= 4 is 27.3 Å². The molecule has 7 heteroatoms. The maximum absolute atomic E-state index is 12.1. The molecule has 0 fully saturated rings. The fourth-order valence-corrected chi connectivity index (χ4v) is 4.28. The van der Waals surface area contributed by atoms with Gasteiger partial charge in [-0.1, -0.05) is 6.92 Å². The molecule has 0 atom stereocenters. The van der Waals surface area contributed by atoms with Gasteiger partial charge in [0.1, 0.15) is 10.8 Å². The quantitative estimate of drug-likeness (QED) is 0.856. The number of rotatable bonds is 6. The maximum atomic E-state index is 12.1. The number of carboxylic acids is 1. The number of carbonyl (C=O) groups is 1. The number of sulfonamides is 1. The Morgan fingerprint density at radius 2 is 2.12 bits per heavy atom. The first kappa shape index (κ1) is 14.1. The fraction of sp³-hybridized carbons (Fsp3) is 0.500. The van der Waals surface area contributed by atoms with Crippen LogP contribution < -0.4 is 0 Å². The van der Waals surface area contributed by atoms with Crippen LogP contribution in [0.4, 0.5) is 0 Å². The molecule has 5 nitrogen and oxygen atoms in total. The summed E-state index contributed by atoms with van der Waals surface area (Å²) >= 11 is 1.15. The number of aryl methyl sites for hydroxylation is 1. The van der Waals surface area contributed by atoms with Gasteiger partial charge in [-0.2, -0.15) is 4.31 Å². The number of aliphatic carboxylic acids is 1. The minimum absolute atomic E-state index is 0.199. The summed E-state index contributed by atoms with van der Waals surface area (Å²) in [4.78, 5) is 11.5. The Hall–Kier alpha value is -0.920. The van der Waals surface area contributed by atoms with Crippen molar-refractivity contribution in [3.63, 3.8) is 0 Å². The topological polar surface area (TPSA) is 74.7 Å². The summed E-state index contributed by atoms with van der Waals surface area (Å²) in [6, 6.07) is 3.22. The molecule has 0 aromatic carbocycles. The van der Waals surface area contributed by atoms with Crippen molar-refractivity contribution in [1.82, 2.24) is 4.31 Å². The number of thiophene rings is 1. The Balaban J connectivity index is 3.03. The van der Waals surface area contributed by atoms with Crippen molar-refractivity contribution in [2.24, 2.45) is 0 Å². The van der Waals surface area contributed by atoms with E-state index in [1.54, 1.807) is 6.07 Å². The first-order valence-electron chi connectivity index (χ1n) is 5.16. The normalized spacial score (nSPS) is 11.9. The second-order valence-corrected chi connectivity index (χ2v) is 7.05. The van der Waals surface area contributed by atoms with Crippen molar-refractivity contribution in [3.8, 4) is 0 Å². The Kier molecular flexibility index (Phi) is 4.67. The van der Waals surface area contributed by atoms with Crippen LogP contribution in [0.15, 0.2) is 16.3 Å². The van der Waals surface area contributed by atoms with Crippen molar-refractivity contribution in [1.29, 1.82) is 0 Å². The maximum Gasteiger partial charge on any atom is 0.318 e. The Bertz CT molecular complexity index is 492. The first-order chi connectivity index (χ1) is 7.87. The molecule has 96 valence electrons. The zero-order chi connectivity index (χ0) is 13.1. The van der Waals surface area contributed by atoms with Gasteiger partial charge in [0.15, 0.2) is 0 Å². The van der Waals surface area contributed by atoms with Crippen LogP contribution in [0.1, 0.15) is 18.2 Å². The van der Waals surface area contributed by atoms with Gasteiger partial charge in [0.05, 0.1) is 0 Å². The highest BCUT2D eigenvalue weighted by atomic mass is 32.2. The molecule has 1 aromatic heterocycles. The molecular formula is C10H15NO4S2. The van der Waals surface area contributed by atoms with Crippen LogP contribution in [0, 0.1) is 6.92 Å². The van der Waals surface area contributed by atoms with Gasteiger partial charge >= 0.3 is 5.97 Å². The molecular weight excluding hydrogens is 262 g/mol. The predicted octanol–water partition coefficient (Wildman–Crippen LogP) is 1.54. The number of hydrogen-bond acceptors (Lipinski definition) is 4. The van der Waals surface area contributed by atoms with Gasteiger partial charge in [-0.3, -0.25) is 4.79 Å². The van der Waals surface area contributed by atoms with Gasteiger partial charge in [0, 0.05) is 11.4 Å². The van der Waals surface area contributed by atoms with Crippen LogP contribution in [-0.4, -0.2) is 36.9 Å². The Morgan fingerprint density at radius 1 is 1.47 bits per heavy atom. The summed E-state index contributed by atoms with van der Waals surface area (Å²) in [5, 5.41) is 8.72. The summed E-state index contributed by atoms with van der Waals surface area (Å²) in [5.74, 6) is -1.14. The van der Waals surface area contributed by atoms with E-state index in [4.69, 9.17) is 5.11 Å². The van der Waals surface area contributed by atoms with Crippen LogP contribution in [0.5, 0.6) is 0 Å². The number of nitrogens with zero attached hydrogens (tertiary/aromatic N) is 1. The molecule has 1 N–H and O–H groups in total. The molecule has 0 spiro atoms. The minimum atomic E-state index is -3.67. The Morgan fingerprint density at radius 3 is 2.53 bits per heavy atom. The van der Waals surface area contributed by atoms with Crippen molar-refractivity contribution < 1.29 is 18.3 Å². The van der Waals surface area contributed by atoms with E-state index in [0.29, 0.717) is 6.42 Å². The van der Waals surface area contributed by atoms with Crippen LogP contribution in [0.2, 0.25) is 0 Å². The van der Waals surface area contributed by atoms with E-state index in [1.165, 1.54) is 6.07 Å². The largest absolute Gasteiger partial charge is 0.480 e. The molecule has 1 rings (SSSR count). The third kappa shape index (κ3) is 3.52. The first-order valence-corrected chi connectivity index (χ1v) is 7.42. The molecule has 0 aliphatic rings. The lowest BCUT2D eigenvalue weighted by Gasteiger charge is -2.18. The number of carboxylic acid groups (broad SMARTS) is 1. The molecule has 17 heavy (non-hydrogen) atoms. The molecule has 0 aliphatic carbocycles. The van der Waals surface area contributed by atoms with E-state index in [2.05, 4.69) is 0 Å². The minimum Gasteiger partial charge on any atom is -0.480 e. The van der Waals surface area contributed by atoms with Gasteiger partial charge in [-0.05, 0) is 25.5 Å². The van der Waals surface area contributed by atoms with Crippen molar-refractivity contribution in [3.05, 3.63) is 17.0 Å². The average molecular weight is 277 g/mol. The van der Waals surface area contributed by atoms with Gasteiger partial charge < -0.3 is 5.11 Å². The molecule has 1 aromatic rings. The summed E-state index contributed by atoms with van der Waals surface area (Å²) in [6.45, 7) is 3.34. The SMILES string of the molecule is CCCN(CC(=O)O)S(=O)(=O)c1ccc(C)s1. The molecule has 0 saturated heterocycles. The summed E-state index contributed by atoms with van der Waals surface area (Å²) in [5.41, 5.74) is 0. The highest BCUT2D eigenvalue weighted by Gasteiger charge is 2.26. The van der Waals surface area contributed by atoms with E-state index in [0.717, 1.165) is 20.5 Å². The fourth-order valence-electron chi connectivity index (χ4n) is 1.36. The van der Waals surface area contributed by atoms with Crippen LogP contribution in [0.25, 0.3) is 0 Å². The summed E-state index contributed by atoms with van der Waals surface area (Å²) in [6.07, 6.45) is 0.580. The third-order valence-electron chi connectivity index (χ3n) is 2.09. The predicted molar refractivity (Wildman–Crippen MR) is 65.7 cm³/mol.